The highest BCUT2D eigenvalue weighted by molar-refractivity contribution is 5.97. The molecule has 2 heterocycles. The van der Waals surface area contributed by atoms with Gasteiger partial charge in [-0.2, -0.15) is 5.10 Å². The highest BCUT2D eigenvalue weighted by Gasteiger charge is 2.30. The van der Waals surface area contributed by atoms with E-state index in [1.807, 2.05) is 60.7 Å². The van der Waals surface area contributed by atoms with E-state index in [9.17, 15) is 14.4 Å². The quantitative estimate of drug-likeness (QED) is 0.408. The minimum Gasteiger partial charge on any atom is -0.448 e. The number of rotatable bonds is 6. The lowest BCUT2D eigenvalue weighted by Crippen LogP contribution is -2.33. The number of amides is 1. The van der Waals surface area contributed by atoms with Crippen LogP contribution in [0.5, 0.6) is 0 Å². The number of anilines is 1. The van der Waals surface area contributed by atoms with Crippen LogP contribution in [0.15, 0.2) is 65.5 Å². The molecule has 0 unspecified atom stereocenters. The summed E-state index contributed by atoms with van der Waals surface area (Å²) in [5.41, 5.74) is 3.90. The van der Waals surface area contributed by atoms with Crippen LogP contribution in [0.1, 0.15) is 47.2 Å². The first-order valence-corrected chi connectivity index (χ1v) is 12.4. The number of hydrogen-bond acceptors (Lipinski definition) is 5. The summed E-state index contributed by atoms with van der Waals surface area (Å²) in [5, 5.41) is 7.37. The van der Waals surface area contributed by atoms with Gasteiger partial charge in [0.15, 0.2) is 11.8 Å². The summed E-state index contributed by atoms with van der Waals surface area (Å²) in [6, 6.07) is 18.6. The first-order chi connectivity index (χ1) is 17.9. The van der Waals surface area contributed by atoms with Crippen LogP contribution in [-0.2, 0) is 29.4 Å². The molecule has 1 aliphatic rings. The number of aryl methyl sites for hydroxylation is 1. The zero-order chi connectivity index (χ0) is 26.1. The van der Waals surface area contributed by atoms with Crippen molar-refractivity contribution < 1.29 is 14.3 Å². The third-order valence-electron chi connectivity index (χ3n) is 6.81. The largest absolute Gasteiger partial charge is 0.448 e. The van der Waals surface area contributed by atoms with Crippen molar-refractivity contribution in [1.29, 1.82) is 0 Å². The monoisotopic (exact) mass is 499 g/mol. The van der Waals surface area contributed by atoms with Gasteiger partial charge in [0, 0.05) is 12.6 Å². The van der Waals surface area contributed by atoms with E-state index in [0.29, 0.717) is 17.1 Å². The van der Waals surface area contributed by atoms with E-state index in [0.717, 1.165) is 42.6 Å². The average molecular weight is 500 g/mol. The van der Waals surface area contributed by atoms with Crippen LogP contribution in [0.25, 0.3) is 11.4 Å². The third kappa shape index (κ3) is 4.48. The number of fused-ring (bicyclic) bond motifs is 1. The highest BCUT2D eigenvalue weighted by atomic mass is 16.5. The molecule has 0 radical (unpaired) electrons. The van der Waals surface area contributed by atoms with Crippen LogP contribution in [-0.4, -0.2) is 37.1 Å². The van der Waals surface area contributed by atoms with Gasteiger partial charge in [-0.05, 0) is 63.8 Å². The number of carbonyl (C=O) groups is 2. The second-order valence-electron chi connectivity index (χ2n) is 9.20. The van der Waals surface area contributed by atoms with Gasteiger partial charge in [0.05, 0.1) is 22.8 Å². The summed E-state index contributed by atoms with van der Waals surface area (Å²) in [4.78, 5) is 39.6. The molecular weight excluding hydrogens is 470 g/mol. The number of para-hydroxylation sites is 2. The predicted molar refractivity (Wildman–Crippen MR) is 139 cm³/mol. The van der Waals surface area contributed by atoms with E-state index in [1.54, 1.807) is 23.3 Å². The van der Waals surface area contributed by atoms with Crippen molar-refractivity contribution >= 4 is 17.6 Å². The van der Waals surface area contributed by atoms with Gasteiger partial charge in [-0.3, -0.25) is 14.3 Å². The molecule has 4 aromatic rings. The molecule has 190 valence electrons. The maximum atomic E-state index is 13.4. The van der Waals surface area contributed by atoms with Gasteiger partial charge in [0.2, 0.25) is 0 Å². The van der Waals surface area contributed by atoms with Crippen molar-refractivity contribution in [3.8, 4) is 11.4 Å². The van der Waals surface area contributed by atoms with E-state index in [2.05, 4.69) is 5.32 Å². The Kier molecular flexibility index (Phi) is 6.52. The third-order valence-corrected chi connectivity index (χ3v) is 6.81. The van der Waals surface area contributed by atoms with Crippen LogP contribution in [0.3, 0.4) is 0 Å². The Morgan fingerprint density at radius 1 is 0.973 bits per heavy atom. The molecule has 1 amide bonds. The molecule has 1 atom stereocenters. The van der Waals surface area contributed by atoms with E-state index in [-0.39, 0.29) is 11.2 Å². The Bertz CT molecular complexity index is 1520. The van der Waals surface area contributed by atoms with Crippen molar-refractivity contribution in [2.75, 3.05) is 5.32 Å². The lowest BCUT2D eigenvalue weighted by atomic mass is 9.96. The van der Waals surface area contributed by atoms with Crippen molar-refractivity contribution in [2.45, 2.75) is 45.6 Å². The standard InChI is InChI=1S/C28H29N5O4/c1-18-24(27(35)33(31(18)3)21-14-8-5-9-15-21)29-26(34)19(2)37-28(36)25-22-16-10-11-17-23(22)30-32(25)20-12-6-4-7-13-20/h4-9,12-15,19H,10-11,16-17H2,1-3H3,(H,29,34)/t19-/m1/s1. The Balaban J connectivity index is 1.39. The van der Waals surface area contributed by atoms with Gasteiger partial charge in [0.1, 0.15) is 5.69 Å². The number of carbonyl (C=O) groups excluding carboxylic acids is 2. The first kappa shape index (κ1) is 24.3. The molecule has 2 aromatic heterocycles. The average Bonchev–Trinajstić information content (AvgIpc) is 3.40. The van der Waals surface area contributed by atoms with E-state index in [4.69, 9.17) is 9.84 Å². The van der Waals surface area contributed by atoms with Crippen LogP contribution in [0.4, 0.5) is 5.69 Å². The van der Waals surface area contributed by atoms with Crippen LogP contribution in [0.2, 0.25) is 0 Å². The lowest BCUT2D eigenvalue weighted by molar-refractivity contribution is -0.123. The molecule has 0 saturated carbocycles. The Hall–Kier alpha value is -4.40. The number of benzene rings is 2. The Morgan fingerprint density at radius 3 is 2.27 bits per heavy atom. The van der Waals surface area contributed by atoms with Crippen molar-refractivity contribution in [2.24, 2.45) is 7.05 Å². The predicted octanol–water partition coefficient (Wildman–Crippen LogP) is 3.73. The number of esters is 1. The second-order valence-corrected chi connectivity index (χ2v) is 9.20. The van der Waals surface area contributed by atoms with Gasteiger partial charge >= 0.3 is 5.97 Å². The van der Waals surface area contributed by atoms with Gasteiger partial charge in [-0.25, -0.2) is 14.2 Å². The van der Waals surface area contributed by atoms with Crippen molar-refractivity contribution in [3.05, 3.63) is 93.7 Å². The molecule has 0 saturated heterocycles. The van der Waals surface area contributed by atoms with Gasteiger partial charge in [0.25, 0.3) is 11.5 Å². The molecule has 0 aliphatic heterocycles. The number of ether oxygens (including phenoxy) is 1. The minimum atomic E-state index is -1.13. The number of nitrogens with zero attached hydrogens (tertiary/aromatic N) is 4. The van der Waals surface area contributed by atoms with Crippen molar-refractivity contribution in [1.82, 2.24) is 19.1 Å². The molecule has 1 aliphatic carbocycles. The molecule has 0 fully saturated rings. The maximum Gasteiger partial charge on any atom is 0.358 e. The van der Waals surface area contributed by atoms with Gasteiger partial charge in [-0.1, -0.05) is 36.4 Å². The second kappa shape index (κ2) is 9.93. The molecule has 2 aromatic carbocycles. The number of nitrogens with one attached hydrogen (secondary N) is 1. The van der Waals surface area contributed by atoms with E-state index < -0.39 is 18.0 Å². The summed E-state index contributed by atoms with van der Waals surface area (Å²) in [5.74, 6) is -1.20. The smallest absolute Gasteiger partial charge is 0.358 e. The van der Waals surface area contributed by atoms with Crippen LogP contribution in [0, 0.1) is 6.92 Å². The summed E-state index contributed by atoms with van der Waals surface area (Å²) in [6.45, 7) is 3.24. The molecule has 0 spiro atoms. The summed E-state index contributed by atoms with van der Waals surface area (Å²) >= 11 is 0. The fourth-order valence-electron chi connectivity index (χ4n) is 4.73. The molecule has 9 heteroatoms. The summed E-state index contributed by atoms with van der Waals surface area (Å²) in [6.07, 6.45) is 2.38. The number of aromatic nitrogens is 4. The molecule has 0 bridgehead atoms. The normalized spacial score (nSPS) is 13.6. The van der Waals surface area contributed by atoms with E-state index in [1.165, 1.54) is 11.6 Å². The Morgan fingerprint density at radius 2 is 1.59 bits per heavy atom. The number of hydrogen-bond donors (Lipinski definition) is 1. The van der Waals surface area contributed by atoms with Crippen LogP contribution < -0.4 is 10.9 Å². The fourth-order valence-corrected chi connectivity index (χ4v) is 4.73. The molecule has 37 heavy (non-hydrogen) atoms. The zero-order valence-corrected chi connectivity index (χ0v) is 21.1. The lowest BCUT2D eigenvalue weighted by Gasteiger charge is -2.15. The maximum absolute atomic E-state index is 13.4. The molecule has 9 nitrogen and oxygen atoms in total. The fraction of sp³-hybridized carbons (Fsp3) is 0.286. The Labute approximate surface area is 214 Å². The molecule has 1 N–H and O–H groups in total. The van der Waals surface area contributed by atoms with Crippen molar-refractivity contribution in [3.63, 3.8) is 0 Å². The topological polar surface area (TPSA) is 100 Å². The summed E-state index contributed by atoms with van der Waals surface area (Å²) < 4.78 is 10.4. The van der Waals surface area contributed by atoms with Gasteiger partial charge in [-0.15, -0.1) is 0 Å². The first-order valence-electron chi connectivity index (χ1n) is 12.4. The molecular formula is C28H29N5O4. The highest BCUT2D eigenvalue weighted by Crippen LogP contribution is 2.27. The van der Waals surface area contributed by atoms with Gasteiger partial charge < -0.3 is 10.1 Å². The zero-order valence-electron chi connectivity index (χ0n) is 21.1. The summed E-state index contributed by atoms with van der Waals surface area (Å²) in [7, 11) is 1.75. The minimum absolute atomic E-state index is 0.144. The SMILES string of the molecule is Cc1c(NC(=O)[C@@H](C)OC(=O)c2c3c(nn2-c2ccccc2)CCCC3)c(=O)n(-c2ccccc2)n1C. The molecule has 5 rings (SSSR count). The van der Waals surface area contributed by atoms with Crippen LogP contribution >= 0.6 is 0 Å². The van der Waals surface area contributed by atoms with E-state index >= 15 is 0 Å².